The van der Waals surface area contributed by atoms with Gasteiger partial charge in [-0.2, -0.15) is 0 Å². The van der Waals surface area contributed by atoms with Gasteiger partial charge >= 0.3 is 0 Å². The fraction of sp³-hybridized carbons (Fsp3) is 0.273. The Morgan fingerprint density at radius 1 is 1.21 bits per heavy atom. The summed E-state index contributed by atoms with van der Waals surface area (Å²) in [5, 5.41) is 9.50. The zero-order valence-corrected chi connectivity index (χ0v) is 9.40. The first-order chi connectivity index (χ1) is 6.86. The summed E-state index contributed by atoms with van der Waals surface area (Å²) in [5.41, 5.74) is 1.31. The third-order valence-corrected chi connectivity index (χ3v) is 4.41. The first kappa shape index (κ1) is 9.99. The SMILES string of the molecule is OC1=C(SCc2ccccc2)CSC1. The number of thioether (sulfide) groups is 2. The molecule has 1 aromatic carbocycles. The van der Waals surface area contributed by atoms with Crippen molar-refractivity contribution in [2.45, 2.75) is 5.75 Å². The molecule has 14 heavy (non-hydrogen) atoms. The maximum atomic E-state index is 9.50. The highest BCUT2D eigenvalue weighted by Gasteiger charge is 2.13. The molecule has 0 fully saturated rings. The molecule has 1 aliphatic rings. The fourth-order valence-corrected chi connectivity index (χ4v) is 3.54. The number of benzene rings is 1. The average Bonchev–Trinajstić information content (AvgIpc) is 2.63. The Morgan fingerprint density at radius 3 is 2.64 bits per heavy atom. The minimum atomic E-state index is 0.580. The fourth-order valence-electron chi connectivity index (χ4n) is 1.27. The topological polar surface area (TPSA) is 20.2 Å². The van der Waals surface area contributed by atoms with Crippen molar-refractivity contribution in [1.29, 1.82) is 0 Å². The van der Waals surface area contributed by atoms with E-state index in [1.165, 1.54) is 5.56 Å². The second kappa shape index (κ2) is 4.80. The Balaban J connectivity index is 1.92. The van der Waals surface area contributed by atoms with E-state index >= 15 is 0 Å². The quantitative estimate of drug-likeness (QED) is 0.849. The normalized spacial score (nSPS) is 16.3. The number of rotatable bonds is 3. The number of aliphatic hydroxyl groups is 1. The number of aliphatic hydroxyl groups excluding tert-OH is 1. The molecule has 0 aliphatic carbocycles. The Kier molecular flexibility index (Phi) is 3.43. The van der Waals surface area contributed by atoms with Gasteiger partial charge in [0, 0.05) is 16.4 Å². The van der Waals surface area contributed by atoms with Gasteiger partial charge in [-0.05, 0) is 5.56 Å². The van der Waals surface area contributed by atoms with Crippen LogP contribution in [0.1, 0.15) is 5.56 Å². The lowest BCUT2D eigenvalue weighted by molar-refractivity contribution is 0.417. The number of hydrogen-bond donors (Lipinski definition) is 1. The van der Waals surface area contributed by atoms with E-state index in [-0.39, 0.29) is 0 Å². The molecule has 1 N–H and O–H groups in total. The van der Waals surface area contributed by atoms with Crippen molar-refractivity contribution < 1.29 is 5.11 Å². The molecule has 3 heteroatoms. The lowest BCUT2D eigenvalue weighted by atomic mass is 10.2. The smallest absolute Gasteiger partial charge is 0.112 e. The summed E-state index contributed by atoms with van der Waals surface area (Å²) in [5.74, 6) is 3.30. The minimum Gasteiger partial charge on any atom is -0.511 e. The Morgan fingerprint density at radius 2 is 2.00 bits per heavy atom. The van der Waals surface area contributed by atoms with Gasteiger partial charge < -0.3 is 5.11 Å². The van der Waals surface area contributed by atoms with Crippen LogP contribution in [0.3, 0.4) is 0 Å². The molecule has 0 saturated heterocycles. The maximum Gasteiger partial charge on any atom is 0.112 e. The van der Waals surface area contributed by atoms with E-state index in [0.717, 1.165) is 22.2 Å². The van der Waals surface area contributed by atoms with E-state index in [1.807, 2.05) is 18.2 Å². The molecule has 1 heterocycles. The zero-order valence-electron chi connectivity index (χ0n) is 7.77. The van der Waals surface area contributed by atoms with Crippen molar-refractivity contribution >= 4 is 23.5 Å². The van der Waals surface area contributed by atoms with E-state index < -0.39 is 0 Å². The molecule has 0 unspecified atom stereocenters. The minimum absolute atomic E-state index is 0.580. The molecule has 0 aromatic heterocycles. The standard InChI is InChI=1S/C11H12OS2/c12-10-7-13-8-11(10)14-6-9-4-2-1-3-5-9/h1-5,12H,6-8H2. The molecule has 0 atom stereocenters. The van der Waals surface area contributed by atoms with Crippen molar-refractivity contribution in [3.05, 3.63) is 46.6 Å². The summed E-state index contributed by atoms with van der Waals surface area (Å²) in [4.78, 5) is 1.15. The van der Waals surface area contributed by atoms with E-state index in [9.17, 15) is 5.11 Å². The van der Waals surface area contributed by atoms with Gasteiger partial charge in [0.2, 0.25) is 0 Å². The second-order valence-electron chi connectivity index (χ2n) is 3.14. The molecule has 0 amide bonds. The van der Waals surface area contributed by atoms with E-state index in [4.69, 9.17) is 0 Å². The molecular formula is C11H12OS2. The summed E-state index contributed by atoms with van der Waals surface area (Å²) < 4.78 is 0. The summed E-state index contributed by atoms with van der Waals surface area (Å²) in [6.07, 6.45) is 0. The highest BCUT2D eigenvalue weighted by Crippen LogP contribution is 2.33. The van der Waals surface area contributed by atoms with Crippen LogP contribution in [0.15, 0.2) is 41.0 Å². The van der Waals surface area contributed by atoms with Gasteiger partial charge in [-0.3, -0.25) is 0 Å². The van der Waals surface area contributed by atoms with E-state index in [0.29, 0.717) is 5.76 Å². The van der Waals surface area contributed by atoms with Crippen LogP contribution in [0.4, 0.5) is 0 Å². The number of hydrogen-bond acceptors (Lipinski definition) is 3. The summed E-state index contributed by atoms with van der Waals surface area (Å²) in [6.45, 7) is 0. The van der Waals surface area contributed by atoms with Gasteiger partial charge in [0.15, 0.2) is 0 Å². The lowest BCUT2D eigenvalue weighted by Gasteiger charge is -2.02. The van der Waals surface area contributed by atoms with Crippen molar-refractivity contribution in [2.75, 3.05) is 11.5 Å². The Hall–Kier alpha value is -0.540. The second-order valence-corrected chi connectivity index (χ2v) is 5.19. The molecule has 1 nitrogen and oxygen atoms in total. The monoisotopic (exact) mass is 224 g/mol. The summed E-state index contributed by atoms with van der Waals surface area (Å²) in [7, 11) is 0. The van der Waals surface area contributed by atoms with Crippen LogP contribution >= 0.6 is 23.5 Å². The van der Waals surface area contributed by atoms with Gasteiger partial charge in [0.1, 0.15) is 5.76 Å². The van der Waals surface area contributed by atoms with Crippen molar-refractivity contribution in [3.8, 4) is 0 Å². The van der Waals surface area contributed by atoms with Crippen LogP contribution < -0.4 is 0 Å². The third kappa shape index (κ3) is 2.49. The van der Waals surface area contributed by atoms with Crippen molar-refractivity contribution in [1.82, 2.24) is 0 Å². The van der Waals surface area contributed by atoms with Gasteiger partial charge in [-0.1, -0.05) is 30.3 Å². The van der Waals surface area contributed by atoms with Gasteiger partial charge in [-0.25, -0.2) is 0 Å². The van der Waals surface area contributed by atoms with E-state index in [2.05, 4.69) is 12.1 Å². The first-order valence-corrected chi connectivity index (χ1v) is 6.66. The molecule has 74 valence electrons. The predicted molar refractivity (Wildman–Crippen MR) is 64.7 cm³/mol. The first-order valence-electron chi connectivity index (χ1n) is 4.52. The molecule has 0 bridgehead atoms. The maximum absolute atomic E-state index is 9.50. The van der Waals surface area contributed by atoms with Gasteiger partial charge in [-0.15, -0.1) is 23.5 Å². The molecular weight excluding hydrogens is 212 g/mol. The molecule has 1 aromatic rings. The van der Waals surface area contributed by atoms with Gasteiger partial charge in [0.05, 0.1) is 5.75 Å². The molecule has 2 rings (SSSR count). The van der Waals surface area contributed by atoms with Crippen LogP contribution in [-0.2, 0) is 5.75 Å². The lowest BCUT2D eigenvalue weighted by Crippen LogP contribution is -1.85. The third-order valence-electron chi connectivity index (χ3n) is 2.05. The average molecular weight is 224 g/mol. The van der Waals surface area contributed by atoms with Crippen LogP contribution in [0.5, 0.6) is 0 Å². The van der Waals surface area contributed by atoms with Gasteiger partial charge in [0.25, 0.3) is 0 Å². The van der Waals surface area contributed by atoms with Crippen LogP contribution in [0, 0.1) is 0 Å². The zero-order chi connectivity index (χ0) is 9.80. The predicted octanol–water partition coefficient (Wildman–Crippen LogP) is 3.44. The van der Waals surface area contributed by atoms with Crippen LogP contribution in [-0.4, -0.2) is 16.6 Å². The summed E-state index contributed by atoms with van der Waals surface area (Å²) in [6, 6.07) is 10.4. The van der Waals surface area contributed by atoms with Crippen molar-refractivity contribution in [2.24, 2.45) is 0 Å². The summed E-state index contributed by atoms with van der Waals surface area (Å²) >= 11 is 3.53. The molecule has 0 saturated carbocycles. The van der Waals surface area contributed by atoms with Crippen LogP contribution in [0.25, 0.3) is 0 Å². The molecule has 1 aliphatic heterocycles. The Labute approximate surface area is 92.6 Å². The van der Waals surface area contributed by atoms with Crippen molar-refractivity contribution in [3.63, 3.8) is 0 Å². The Bertz CT molecular complexity index is 332. The van der Waals surface area contributed by atoms with E-state index in [1.54, 1.807) is 23.5 Å². The molecule has 0 spiro atoms. The highest BCUT2D eigenvalue weighted by atomic mass is 32.2. The largest absolute Gasteiger partial charge is 0.511 e. The molecule has 0 radical (unpaired) electrons. The highest BCUT2D eigenvalue weighted by molar-refractivity contribution is 8.06. The van der Waals surface area contributed by atoms with Crippen LogP contribution in [0.2, 0.25) is 0 Å².